The molecule has 0 aliphatic rings. The number of ether oxygens (including phenoxy) is 1. The van der Waals surface area contributed by atoms with E-state index in [0.29, 0.717) is 0 Å². The zero-order valence-corrected chi connectivity index (χ0v) is 19.8. The SMILES string of the molecule is CNC(=O)[C@H](CCCCNC(c1ccccc1)(c1ccccc1)c1ccc(OC)cc1)NC. The number of methoxy groups -OCH3 is 1. The third-order valence-corrected chi connectivity index (χ3v) is 6.16. The van der Waals surface area contributed by atoms with Crippen molar-refractivity contribution in [3.05, 3.63) is 102 Å². The maximum Gasteiger partial charge on any atom is 0.236 e. The lowest BCUT2D eigenvalue weighted by molar-refractivity contribution is -0.122. The summed E-state index contributed by atoms with van der Waals surface area (Å²) < 4.78 is 5.41. The molecule has 0 spiro atoms. The van der Waals surface area contributed by atoms with Gasteiger partial charge in [0.1, 0.15) is 5.75 Å². The normalized spacial score (nSPS) is 12.2. The smallest absolute Gasteiger partial charge is 0.236 e. The van der Waals surface area contributed by atoms with E-state index < -0.39 is 5.54 Å². The average Bonchev–Trinajstić information content (AvgIpc) is 2.89. The van der Waals surface area contributed by atoms with Gasteiger partial charge in [-0.3, -0.25) is 10.1 Å². The van der Waals surface area contributed by atoms with Crippen molar-refractivity contribution in [3.63, 3.8) is 0 Å². The number of hydrogen-bond acceptors (Lipinski definition) is 4. The largest absolute Gasteiger partial charge is 0.497 e. The summed E-state index contributed by atoms with van der Waals surface area (Å²) in [5, 5.41) is 9.72. The summed E-state index contributed by atoms with van der Waals surface area (Å²) >= 11 is 0. The number of likely N-dealkylation sites (N-methyl/N-ethyl adjacent to an activating group) is 2. The van der Waals surface area contributed by atoms with Crippen molar-refractivity contribution in [2.24, 2.45) is 0 Å². The summed E-state index contributed by atoms with van der Waals surface area (Å²) in [6.07, 6.45) is 2.69. The summed E-state index contributed by atoms with van der Waals surface area (Å²) in [7, 11) is 5.20. The predicted octanol–water partition coefficient (Wildman–Crippen LogP) is 4.08. The van der Waals surface area contributed by atoms with E-state index in [9.17, 15) is 4.79 Å². The van der Waals surface area contributed by atoms with Gasteiger partial charge < -0.3 is 15.4 Å². The van der Waals surface area contributed by atoms with Crippen LogP contribution in [0.4, 0.5) is 0 Å². The summed E-state index contributed by atoms with van der Waals surface area (Å²) in [4.78, 5) is 12.0. The van der Waals surface area contributed by atoms with Gasteiger partial charge in [-0.15, -0.1) is 0 Å². The van der Waals surface area contributed by atoms with Crippen LogP contribution >= 0.6 is 0 Å². The Morgan fingerprint density at radius 1 is 0.818 bits per heavy atom. The monoisotopic (exact) mass is 445 g/mol. The number of unbranched alkanes of at least 4 members (excludes halogenated alkanes) is 1. The third kappa shape index (κ3) is 5.81. The van der Waals surface area contributed by atoms with Crippen LogP contribution in [0.2, 0.25) is 0 Å². The molecule has 0 unspecified atom stereocenters. The van der Waals surface area contributed by atoms with E-state index in [1.165, 1.54) is 11.1 Å². The Morgan fingerprint density at radius 3 is 1.85 bits per heavy atom. The molecule has 3 aromatic carbocycles. The molecule has 0 radical (unpaired) electrons. The van der Waals surface area contributed by atoms with Crippen molar-refractivity contribution in [2.45, 2.75) is 30.8 Å². The molecular formula is C28H35N3O2. The van der Waals surface area contributed by atoms with Gasteiger partial charge in [0.05, 0.1) is 18.7 Å². The van der Waals surface area contributed by atoms with E-state index in [1.54, 1.807) is 14.2 Å². The lowest BCUT2D eigenvalue weighted by Crippen LogP contribution is -2.45. The quantitative estimate of drug-likeness (QED) is 0.290. The maximum atomic E-state index is 12.0. The van der Waals surface area contributed by atoms with Crippen LogP contribution in [0.3, 0.4) is 0 Å². The van der Waals surface area contributed by atoms with Crippen molar-refractivity contribution in [2.75, 3.05) is 27.7 Å². The Hall–Kier alpha value is -3.15. The lowest BCUT2D eigenvalue weighted by atomic mass is 9.77. The van der Waals surface area contributed by atoms with Crippen LogP contribution in [0.1, 0.15) is 36.0 Å². The van der Waals surface area contributed by atoms with Crippen molar-refractivity contribution in [3.8, 4) is 5.75 Å². The Morgan fingerprint density at radius 2 is 1.36 bits per heavy atom. The summed E-state index contributed by atoms with van der Waals surface area (Å²) in [5.74, 6) is 0.868. The van der Waals surface area contributed by atoms with Crippen LogP contribution in [-0.2, 0) is 10.3 Å². The molecule has 3 N–H and O–H groups in total. The Labute approximate surface area is 197 Å². The van der Waals surface area contributed by atoms with Crippen LogP contribution in [0.5, 0.6) is 5.75 Å². The first-order chi connectivity index (χ1) is 16.2. The van der Waals surface area contributed by atoms with Crippen LogP contribution in [0, 0.1) is 0 Å². The van der Waals surface area contributed by atoms with Gasteiger partial charge >= 0.3 is 0 Å². The Balaban J connectivity index is 1.90. The molecule has 3 rings (SSSR count). The topological polar surface area (TPSA) is 62.4 Å². The first-order valence-electron chi connectivity index (χ1n) is 11.5. The Kier molecular flexibility index (Phi) is 9.04. The molecule has 0 fully saturated rings. The maximum absolute atomic E-state index is 12.0. The molecule has 1 atom stereocenters. The molecule has 1 amide bonds. The number of nitrogens with one attached hydrogen (secondary N) is 3. The van der Waals surface area contributed by atoms with Crippen LogP contribution < -0.4 is 20.7 Å². The van der Waals surface area contributed by atoms with Crippen molar-refractivity contribution in [1.82, 2.24) is 16.0 Å². The van der Waals surface area contributed by atoms with Gasteiger partial charge in [0, 0.05) is 7.05 Å². The Bertz CT molecular complexity index is 936. The van der Waals surface area contributed by atoms with Crippen LogP contribution in [0.15, 0.2) is 84.9 Å². The first-order valence-corrected chi connectivity index (χ1v) is 11.5. The molecule has 5 nitrogen and oxygen atoms in total. The average molecular weight is 446 g/mol. The van der Waals surface area contributed by atoms with E-state index in [-0.39, 0.29) is 11.9 Å². The van der Waals surface area contributed by atoms with E-state index >= 15 is 0 Å². The van der Waals surface area contributed by atoms with Crippen LogP contribution in [-0.4, -0.2) is 39.7 Å². The molecule has 0 saturated carbocycles. The van der Waals surface area contributed by atoms with Crippen molar-refractivity contribution < 1.29 is 9.53 Å². The summed E-state index contributed by atoms with van der Waals surface area (Å²) in [6.45, 7) is 0.806. The zero-order chi connectivity index (χ0) is 23.5. The molecule has 0 bridgehead atoms. The minimum Gasteiger partial charge on any atom is -0.497 e. The zero-order valence-electron chi connectivity index (χ0n) is 19.8. The second kappa shape index (κ2) is 12.2. The van der Waals surface area contributed by atoms with Crippen molar-refractivity contribution >= 4 is 5.91 Å². The minimum atomic E-state index is -0.502. The fraction of sp³-hybridized carbons (Fsp3) is 0.321. The van der Waals surface area contributed by atoms with Gasteiger partial charge in [-0.1, -0.05) is 79.2 Å². The molecule has 0 aliphatic carbocycles. The van der Waals surface area contributed by atoms with Gasteiger partial charge in [0.25, 0.3) is 0 Å². The first kappa shape index (κ1) is 24.5. The highest BCUT2D eigenvalue weighted by Gasteiger charge is 2.35. The highest BCUT2D eigenvalue weighted by Crippen LogP contribution is 2.37. The number of carbonyl (C=O) groups excluding carboxylic acids is 1. The lowest BCUT2D eigenvalue weighted by Gasteiger charge is -2.37. The van der Waals surface area contributed by atoms with Crippen LogP contribution in [0.25, 0.3) is 0 Å². The van der Waals surface area contributed by atoms with E-state index in [4.69, 9.17) is 4.74 Å². The summed E-state index contributed by atoms with van der Waals surface area (Å²) in [5.41, 5.74) is 3.01. The number of carbonyl (C=O) groups is 1. The highest BCUT2D eigenvalue weighted by molar-refractivity contribution is 5.81. The second-order valence-corrected chi connectivity index (χ2v) is 8.09. The molecule has 0 aliphatic heterocycles. The van der Waals surface area contributed by atoms with Gasteiger partial charge in [-0.2, -0.15) is 0 Å². The number of rotatable bonds is 12. The second-order valence-electron chi connectivity index (χ2n) is 8.09. The van der Waals surface area contributed by atoms with Gasteiger partial charge in [-0.25, -0.2) is 0 Å². The minimum absolute atomic E-state index is 0.0339. The fourth-order valence-corrected chi connectivity index (χ4v) is 4.35. The van der Waals surface area contributed by atoms with Gasteiger partial charge in [-0.05, 0) is 55.3 Å². The molecule has 0 aromatic heterocycles. The number of benzene rings is 3. The van der Waals surface area contributed by atoms with Gasteiger partial charge in [0.2, 0.25) is 5.91 Å². The standard InChI is InChI=1S/C28H35N3O2/c1-29-26(27(32)30-2)16-10-11-21-31-28(22-12-6-4-7-13-22,23-14-8-5-9-15-23)24-17-19-25(33-3)20-18-24/h4-9,12-15,17-20,26,29,31H,10-11,16,21H2,1-3H3,(H,30,32)/t26-/m0/s1. The fourth-order valence-electron chi connectivity index (χ4n) is 4.35. The van der Waals surface area contributed by atoms with Crippen molar-refractivity contribution in [1.29, 1.82) is 0 Å². The molecule has 0 saturated heterocycles. The number of amides is 1. The molecule has 0 heterocycles. The van der Waals surface area contributed by atoms with E-state index in [2.05, 4.69) is 76.6 Å². The molecule has 174 valence electrons. The molecule has 3 aromatic rings. The van der Waals surface area contributed by atoms with Gasteiger partial charge in [0.15, 0.2) is 0 Å². The summed E-state index contributed by atoms with van der Waals surface area (Å²) in [6, 6.07) is 29.2. The highest BCUT2D eigenvalue weighted by atomic mass is 16.5. The third-order valence-electron chi connectivity index (χ3n) is 6.16. The molecule has 5 heteroatoms. The number of hydrogen-bond donors (Lipinski definition) is 3. The molecule has 33 heavy (non-hydrogen) atoms. The predicted molar refractivity (Wildman–Crippen MR) is 135 cm³/mol. The van der Waals surface area contributed by atoms with E-state index in [0.717, 1.165) is 37.1 Å². The van der Waals surface area contributed by atoms with E-state index in [1.807, 2.05) is 31.3 Å². The molecular weight excluding hydrogens is 410 g/mol.